The third-order valence-corrected chi connectivity index (χ3v) is 6.55. The van der Waals surface area contributed by atoms with Crippen LogP contribution in [0, 0.1) is 29.6 Å². The first-order valence-electron chi connectivity index (χ1n) is 8.07. The van der Waals surface area contributed by atoms with Crippen LogP contribution in [-0.4, -0.2) is 0 Å². The summed E-state index contributed by atoms with van der Waals surface area (Å²) < 4.78 is 0. The van der Waals surface area contributed by atoms with Crippen LogP contribution in [0.5, 0.6) is 0 Å². The summed E-state index contributed by atoms with van der Waals surface area (Å²) >= 11 is 0. The normalized spacial score (nSPS) is 48.9. The third-order valence-electron chi connectivity index (χ3n) is 6.55. The van der Waals surface area contributed by atoms with Gasteiger partial charge in [0.05, 0.1) is 0 Å². The summed E-state index contributed by atoms with van der Waals surface area (Å²) in [6.07, 6.45) is 13.8. The zero-order valence-corrected chi connectivity index (χ0v) is 11.3. The minimum atomic E-state index is 0.933. The van der Waals surface area contributed by atoms with Crippen molar-refractivity contribution in [2.24, 2.45) is 29.6 Å². The molecule has 0 amide bonds. The quantitative estimate of drug-likeness (QED) is 0.517. The molecule has 0 spiro atoms. The van der Waals surface area contributed by atoms with Crippen LogP contribution in [0.3, 0.4) is 0 Å². The van der Waals surface area contributed by atoms with E-state index in [0.29, 0.717) is 0 Å². The summed E-state index contributed by atoms with van der Waals surface area (Å²) in [7, 11) is 0. The van der Waals surface area contributed by atoms with E-state index in [0.717, 1.165) is 29.6 Å². The molecule has 0 heteroatoms. The van der Waals surface area contributed by atoms with Crippen molar-refractivity contribution in [3.05, 3.63) is 11.1 Å². The molecule has 0 aliphatic heterocycles. The van der Waals surface area contributed by atoms with Crippen LogP contribution in [0.2, 0.25) is 0 Å². The van der Waals surface area contributed by atoms with E-state index < -0.39 is 0 Å². The Labute approximate surface area is 106 Å². The van der Waals surface area contributed by atoms with Gasteiger partial charge in [-0.15, -0.1) is 0 Å². The van der Waals surface area contributed by atoms with Crippen LogP contribution in [0.25, 0.3) is 0 Å². The Hall–Kier alpha value is -0.260. The Morgan fingerprint density at radius 3 is 2.47 bits per heavy atom. The van der Waals surface area contributed by atoms with Crippen molar-refractivity contribution < 1.29 is 0 Å². The van der Waals surface area contributed by atoms with E-state index in [-0.39, 0.29) is 0 Å². The molecule has 0 N–H and O–H groups in total. The SMILES string of the molecule is CC1CCC2CC[C@H]3CCC[C@H]4CCC1=C2C34. The summed E-state index contributed by atoms with van der Waals surface area (Å²) in [5.74, 6) is 5.22. The minimum absolute atomic E-state index is 0.933. The van der Waals surface area contributed by atoms with E-state index in [1.807, 2.05) is 11.1 Å². The molecule has 0 saturated heterocycles. The lowest BCUT2D eigenvalue weighted by molar-refractivity contribution is 0.0966. The summed E-state index contributed by atoms with van der Waals surface area (Å²) in [5, 5.41) is 0. The van der Waals surface area contributed by atoms with Crippen molar-refractivity contribution in [2.75, 3.05) is 0 Å². The Bertz CT molecular complexity index is 351. The molecule has 4 aliphatic rings. The van der Waals surface area contributed by atoms with Gasteiger partial charge < -0.3 is 0 Å². The molecule has 0 nitrogen and oxygen atoms in total. The lowest BCUT2D eigenvalue weighted by Crippen LogP contribution is -2.41. The first-order chi connectivity index (χ1) is 8.34. The predicted octanol–water partition coefficient (Wildman–Crippen LogP) is 4.95. The lowest BCUT2D eigenvalue weighted by atomic mass is 9.53. The van der Waals surface area contributed by atoms with Crippen molar-refractivity contribution in [3.8, 4) is 0 Å². The fraction of sp³-hybridized carbons (Fsp3) is 0.882. The third kappa shape index (κ3) is 1.48. The number of rotatable bonds is 0. The Morgan fingerprint density at radius 1 is 0.824 bits per heavy atom. The van der Waals surface area contributed by atoms with Crippen LogP contribution in [0.1, 0.15) is 64.7 Å². The summed E-state index contributed by atoms with van der Waals surface area (Å²) in [4.78, 5) is 0. The van der Waals surface area contributed by atoms with Crippen LogP contribution in [0.15, 0.2) is 11.1 Å². The molecule has 0 radical (unpaired) electrons. The molecule has 3 unspecified atom stereocenters. The highest BCUT2D eigenvalue weighted by atomic mass is 14.5. The molecule has 0 bridgehead atoms. The molecule has 0 aromatic rings. The molecule has 0 aromatic carbocycles. The van der Waals surface area contributed by atoms with Crippen LogP contribution >= 0.6 is 0 Å². The van der Waals surface area contributed by atoms with E-state index in [1.165, 1.54) is 32.1 Å². The molecule has 0 aromatic heterocycles. The molecule has 4 aliphatic carbocycles. The topological polar surface area (TPSA) is 0 Å². The summed E-state index contributed by atoms with van der Waals surface area (Å²) in [6, 6.07) is 0. The molecule has 2 saturated carbocycles. The number of hydrogen-bond donors (Lipinski definition) is 0. The molecule has 4 rings (SSSR count). The second-order valence-corrected chi connectivity index (χ2v) is 7.25. The smallest absolute Gasteiger partial charge is 0.0141 e. The average Bonchev–Trinajstić information content (AvgIpc) is 2.38. The Morgan fingerprint density at radius 2 is 1.59 bits per heavy atom. The fourth-order valence-corrected chi connectivity index (χ4v) is 5.80. The van der Waals surface area contributed by atoms with Gasteiger partial charge in [-0.2, -0.15) is 0 Å². The van der Waals surface area contributed by atoms with Gasteiger partial charge in [-0.1, -0.05) is 24.5 Å². The molecule has 94 valence electrons. The maximum Gasteiger partial charge on any atom is -0.0141 e. The highest BCUT2D eigenvalue weighted by Crippen LogP contribution is 2.57. The van der Waals surface area contributed by atoms with Crippen LogP contribution in [0.4, 0.5) is 0 Å². The average molecular weight is 230 g/mol. The van der Waals surface area contributed by atoms with Gasteiger partial charge in [-0.25, -0.2) is 0 Å². The lowest BCUT2D eigenvalue weighted by Gasteiger charge is -2.52. The highest BCUT2D eigenvalue weighted by Gasteiger charge is 2.46. The van der Waals surface area contributed by atoms with Crippen molar-refractivity contribution in [1.82, 2.24) is 0 Å². The van der Waals surface area contributed by atoms with Crippen molar-refractivity contribution in [2.45, 2.75) is 64.7 Å². The van der Waals surface area contributed by atoms with Crippen molar-refractivity contribution in [1.29, 1.82) is 0 Å². The summed E-state index contributed by atoms with van der Waals surface area (Å²) in [6.45, 7) is 2.51. The van der Waals surface area contributed by atoms with E-state index in [9.17, 15) is 0 Å². The molecule has 2 fully saturated rings. The van der Waals surface area contributed by atoms with Gasteiger partial charge >= 0.3 is 0 Å². The van der Waals surface area contributed by atoms with E-state index in [4.69, 9.17) is 0 Å². The van der Waals surface area contributed by atoms with Crippen molar-refractivity contribution >= 4 is 0 Å². The zero-order valence-electron chi connectivity index (χ0n) is 11.3. The second-order valence-electron chi connectivity index (χ2n) is 7.25. The summed E-state index contributed by atoms with van der Waals surface area (Å²) in [5.41, 5.74) is 3.99. The standard InChI is InChI=1S/C17H26/c1-11-5-6-14-8-7-12-3-2-4-13-9-10-15(11)17(14)16(12)13/h11-14,16H,2-10H2,1H3/t11?,12-,13+,14?,16?/m1/s1. The van der Waals surface area contributed by atoms with Gasteiger partial charge in [0, 0.05) is 0 Å². The second kappa shape index (κ2) is 3.87. The molecule has 0 heterocycles. The molecular weight excluding hydrogens is 204 g/mol. The van der Waals surface area contributed by atoms with Crippen LogP contribution < -0.4 is 0 Å². The predicted molar refractivity (Wildman–Crippen MR) is 71.7 cm³/mol. The van der Waals surface area contributed by atoms with Gasteiger partial charge in [0.15, 0.2) is 0 Å². The maximum atomic E-state index is 2.51. The van der Waals surface area contributed by atoms with Gasteiger partial charge in [-0.3, -0.25) is 0 Å². The van der Waals surface area contributed by atoms with Crippen molar-refractivity contribution in [3.63, 3.8) is 0 Å². The monoisotopic (exact) mass is 230 g/mol. The van der Waals surface area contributed by atoms with Gasteiger partial charge in [0.2, 0.25) is 0 Å². The fourth-order valence-electron chi connectivity index (χ4n) is 5.80. The first kappa shape index (κ1) is 10.6. The van der Waals surface area contributed by atoms with E-state index in [1.54, 1.807) is 25.7 Å². The Balaban J connectivity index is 1.79. The van der Waals surface area contributed by atoms with Gasteiger partial charge in [0.1, 0.15) is 0 Å². The Kier molecular flexibility index (Phi) is 2.42. The number of allylic oxidation sites excluding steroid dienone is 2. The minimum Gasteiger partial charge on any atom is -0.0676 e. The zero-order chi connectivity index (χ0) is 11.4. The number of hydrogen-bond acceptors (Lipinski definition) is 0. The molecule has 5 atom stereocenters. The van der Waals surface area contributed by atoms with E-state index in [2.05, 4.69) is 6.92 Å². The van der Waals surface area contributed by atoms with Gasteiger partial charge in [0.25, 0.3) is 0 Å². The highest BCUT2D eigenvalue weighted by molar-refractivity contribution is 5.30. The first-order valence-corrected chi connectivity index (χ1v) is 8.07. The largest absolute Gasteiger partial charge is 0.0676 e. The van der Waals surface area contributed by atoms with Gasteiger partial charge in [-0.05, 0) is 81.0 Å². The van der Waals surface area contributed by atoms with Crippen LogP contribution in [-0.2, 0) is 0 Å². The molecule has 17 heavy (non-hydrogen) atoms. The molecular formula is C17H26. The van der Waals surface area contributed by atoms with E-state index >= 15 is 0 Å². The maximum absolute atomic E-state index is 2.51.